The lowest BCUT2D eigenvalue weighted by Crippen LogP contribution is -2.06. The van der Waals surface area contributed by atoms with Crippen LogP contribution in [0.4, 0.5) is 28.7 Å². The van der Waals surface area contributed by atoms with E-state index in [0.29, 0.717) is 22.0 Å². The molecule has 3 aromatic rings. The Morgan fingerprint density at radius 2 is 1.71 bits per heavy atom. The Morgan fingerprint density at radius 1 is 1.07 bits per heavy atom. The summed E-state index contributed by atoms with van der Waals surface area (Å²) < 4.78 is 0. The molecule has 3 rings (SSSR count). The molecule has 0 saturated heterocycles. The highest BCUT2D eigenvalue weighted by molar-refractivity contribution is 6.31. The molecular formula is C19H16ClN5O3. The van der Waals surface area contributed by atoms with Crippen LogP contribution in [0.1, 0.15) is 22.8 Å². The summed E-state index contributed by atoms with van der Waals surface area (Å²) >= 11 is 6.11. The van der Waals surface area contributed by atoms with Crippen molar-refractivity contribution in [3.8, 4) is 0 Å². The van der Waals surface area contributed by atoms with E-state index in [-0.39, 0.29) is 23.1 Å². The average Bonchev–Trinajstić information content (AvgIpc) is 2.66. The maximum absolute atomic E-state index is 11.7. The molecule has 2 N–H and O–H groups in total. The molecule has 0 fully saturated rings. The molecule has 142 valence electrons. The Labute approximate surface area is 165 Å². The third-order valence-electron chi connectivity index (χ3n) is 4.08. The van der Waals surface area contributed by atoms with Crippen molar-refractivity contribution in [2.75, 3.05) is 10.6 Å². The number of carbonyl (C=O) groups excluding carboxylic acids is 1. The van der Waals surface area contributed by atoms with Crippen LogP contribution < -0.4 is 10.6 Å². The van der Waals surface area contributed by atoms with Gasteiger partial charge in [-0.2, -0.15) is 0 Å². The molecule has 8 nitrogen and oxygen atoms in total. The summed E-state index contributed by atoms with van der Waals surface area (Å²) in [5.41, 5.74) is 2.13. The Morgan fingerprint density at radius 3 is 2.32 bits per heavy atom. The van der Waals surface area contributed by atoms with Gasteiger partial charge in [0, 0.05) is 22.0 Å². The summed E-state index contributed by atoms with van der Waals surface area (Å²) in [6, 6.07) is 11.8. The zero-order valence-corrected chi connectivity index (χ0v) is 15.8. The normalized spacial score (nSPS) is 10.4. The zero-order valence-electron chi connectivity index (χ0n) is 15.1. The van der Waals surface area contributed by atoms with Crippen molar-refractivity contribution in [3.05, 3.63) is 75.1 Å². The fourth-order valence-electron chi connectivity index (χ4n) is 2.53. The molecule has 2 aromatic carbocycles. The summed E-state index contributed by atoms with van der Waals surface area (Å²) in [4.78, 5) is 30.5. The second kappa shape index (κ2) is 8.01. The molecule has 1 aromatic heterocycles. The first kappa shape index (κ1) is 19.2. The fourth-order valence-corrected chi connectivity index (χ4v) is 2.70. The van der Waals surface area contributed by atoms with E-state index < -0.39 is 4.92 Å². The molecule has 0 aliphatic carbocycles. The molecule has 0 radical (unpaired) electrons. The Bertz CT molecular complexity index is 1050. The number of halogens is 1. The van der Waals surface area contributed by atoms with E-state index in [1.807, 2.05) is 0 Å². The lowest BCUT2D eigenvalue weighted by atomic mass is 10.1. The SMILES string of the molecule is CC(=O)c1ccc(Nc2ncnc(Nc3cccc(Cl)c3C)c2[N+](=O)[O-])cc1. The van der Waals surface area contributed by atoms with Crippen molar-refractivity contribution in [1.82, 2.24) is 9.97 Å². The molecule has 28 heavy (non-hydrogen) atoms. The number of Topliss-reactive ketones (excluding diaryl/α,β-unsaturated/α-hetero) is 1. The molecule has 0 aliphatic heterocycles. The molecule has 0 unspecified atom stereocenters. The summed E-state index contributed by atoms with van der Waals surface area (Å²) in [5, 5.41) is 18.1. The number of carbonyl (C=O) groups is 1. The predicted molar refractivity (Wildman–Crippen MR) is 108 cm³/mol. The van der Waals surface area contributed by atoms with Gasteiger partial charge in [-0.05, 0) is 55.8 Å². The Balaban J connectivity index is 1.96. The highest BCUT2D eigenvalue weighted by Crippen LogP contribution is 2.34. The van der Waals surface area contributed by atoms with E-state index in [1.165, 1.54) is 13.3 Å². The number of anilines is 4. The van der Waals surface area contributed by atoms with E-state index >= 15 is 0 Å². The first-order chi connectivity index (χ1) is 13.4. The van der Waals surface area contributed by atoms with Gasteiger partial charge in [-0.15, -0.1) is 0 Å². The smallest absolute Gasteiger partial charge is 0.334 e. The van der Waals surface area contributed by atoms with Crippen molar-refractivity contribution < 1.29 is 9.72 Å². The van der Waals surface area contributed by atoms with E-state index in [1.54, 1.807) is 49.4 Å². The van der Waals surface area contributed by atoms with Gasteiger partial charge in [0.25, 0.3) is 0 Å². The maximum atomic E-state index is 11.7. The van der Waals surface area contributed by atoms with E-state index in [0.717, 1.165) is 5.56 Å². The van der Waals surface area contributed by atoms with Gasteiger partial charge in [0.2, 0.25) is 11.6 Å². The predicted octanol–water partition coefficient (Wildman–Crippen LogP) is 5.04. The first-order valence-corrected chi connectivity index (χ1v) is 8.64. The quantitative estimate of drug-likeness (QED) is 0.340. The molecule has 1 heterocycles. The standard InChI is InChI=1S/C19H16ClN5O3/c1-11-15(20)4-3-5-16(11)24-19-17(25(27)28)18(21-10-22-19)23-14-8-6-13(7-9-14)12(2)26/h3-10H,1-2H3,(H2,21,22,23,24). The maximum Gasteiger partial charge on any atom is 0.353 e. The highest BCUT2D eigenvalue weighted by atomic mass is 35.5. The van der Waals surface area contributed by atoms with Gasteiger partial charge < -0.3 is 10.6 Å². The van der Waals surface area contributed by atoms with Crippen molar-refractivity contribution in [2.24, 2.45) is 0 Å². The second-order valence-corrected chi connectivity index (χ2v) is 6.38. The molecular weight excluding hydrogens is 382 g/mol. The Hall–Kier alpha value is -3.52. The van der Waals surface area contributed by atoms with Crippen LogP contribution in [0.25, 0.3) is 0 Å². The molecule has 0 bridgehead atoms. The number of nitro groups is 1. The Kier molecular flexibility index (Phi) is 5.51. The summed E-state index contributed by atoms with van der Waals surface area (Å²) in [5.74, 6) is -0.00563. The lowest BCUT2D eigenvalue weighted by molar-refractivity contribution is -0.383. The molecule has 0 saturated carbocycles. The topological polar surface area (TPSA) is 110 Å². The van der Waals surface area contributed by atoms with Gasteiger partial charge in [0.15, 0.2) is 5.78 Å². The van der Waals surface area contributed by atoms with Gasteiger partial charge in [0.05, 0.1) is 4.92 Å². The van der Waals surface area contributed by atoms with E-state index in [2.05, 4.69) is 20.6 Å². The zero-order chi connectivity index (χ0) is 20.3. The number of hydrogen-bond donors (Lipinski definition) is 2. The van der Waals surface area contributed by atoms with Crippen molar-refractivity contribution in [2.45, 2.75) is 13.8 Å². The number of ketones is 1. The highest BCUT2D eigenvalue weighted by Gasteiger charge is 2.24. The first-order valence-electron chi connectivity index (χ1n) is 8.26. The fraction of sp³-hybridized carbons (Fsp3) is 0.105. The molecule has 0 amide bonds. The van der Waals surface area contributed by atoms with Crippen LogP contribution in [-0.4, -0.2) is 20.7 Å². The number of hydrogen-bond acceptors (Lipinski definition) is 7. The van der Waals surface area contributed by atoms with Crippen LogP contribution >= 0.6 is 11.6 Å². The van der Waals surface area contributed by atoms with E-state index in [4.69, 9.17) is 11.6 Å². The number of nitrogens with zero attached hydrogens (tertiary/aromatic N) is 3. The van der Waals surface area contributed by atoms with Crippen LogP contribution in [0.15, 0.2) is 48.8 Å². The average molecular weight is 398 g/mol. The van der Waals surface area contributed by atoms with Crippen LogP contribution in [0, 0.1) is 17.0 Å². The van der Waals surface area contributed by atoms with Gasteiger partial charge in [-0.25, -0.2) is 9.97 Å². The number of rotatable bonds is 6. The summed E-state index contributed by atoms with van der Waals surface area (Å²) in [6.07, 6.45) is 1.22. The monoisotopic (exact) mass is 397 g/mol. The van der Waals surface area contributed by atoms with Crippen molar-refractivity contribution >= 4 is 46.1 Å². The van der Waals surface area contributed by atoms with Crippen molar-refractivity contribution in [1.29, 1.82) is 0 Å². The number of nitrogens with one attached hydrogen (secondary N) is 2. The minimum absolute atomic E-state index is 0.0257. The third-order valence-corrected chi connectivity index (χ3v) is 4.49. The van der Waals surface area contributed by atoms with Crippen LogP contribution in [-0.2, 0) is 0 Å². The van der Waals surface area contributed by atoms with E-state index in [9.17, 15) is 14.9 Å². The molecule has 0 spiro atoms. The number of aromatic nitrogens is 2. The minimum Gasteiger partial charge on any atom is -0.334 e. The van der Waals surface area contributed by atoms with Crippen molar-refractivity contribution in [3.63, 3.8) is 0 Å². The largest absolute Gasteiger partial charge is 0.353 e. The van der Waals surface area contributed by atoms with Gasteiger partial charge in [-0.1, -0.05) is 17.7 Å². The third kappa shape index (κ3) is 4.07. The summed E-state index contributed by atoms with van der Waals surface area (Å²) in [7, 11) is 0. The van der Waals surface area contributed by atoms with Crippen LogP contribution in [0.3, 0.4) is 0 Å². The molecule has 0 atom stereocenters. The molecule has 0 aliphatic rings. The lowest BCUT2D eigenvalue weighted by Gasteiger charge is -2.12. The van der Waals surface area contributed by atoms with Gasteiger partial charge in [0.1, 0.15) is 6.33 Å². The van der Waals surface area contributed by atoms with Crippen LogP contribution in [0.2, 0.25) is 5.02 Å². The van der Waals surface area contributed by atoms with Gasteiger partial charge in [-0.3, -0.25) is 14.9 Å². The summed E-state index contributed by atoms with van der Waals surface area (Å²) in [6.45, 7) is 3.26. The number of benzene rings is 2. The second-order valence-electron chi connectivity index (χ2n) is 5.97. The molecule has 9 heteroatoms. The minimum atomic E-state index is -0.561. The van der Waals surface area contributed by atoms with Crippen LogP contribution in [0.5, 0.6) is 0 Å². The van der Waals surface area contributed by atoms with Gasteiger partial charge >= 0.3 is 5.69 Å².